The number of fused-ring (bicyclic) bond motifs is 1. The molecule has 0 atom stereocenters. The molecule has 1 aromatic rings. The predicted molar refractivity (Wildman–Crippen MR) is 71.0 cm³/mol. The van der Waals surface area contributed by atoms with Gasteiger partial charge in [0.1, 0.15) is 12.4 Å². The lowest BCUT2D eigenvalue weighted by molar-refractivity contribution is -0.135. The molecule has 2 rings (SSSR count). The van der Waals surface area contributed by atoms with Crippen LogP contribution in [0.5, 0.6) is 5.75 Å². The highest BCUT2D eigenvalue weighted by Gasteiger charge is 2.19. The molecule has 0 radical (unpaired) electrons. The van der Waals surface area contributed by atoms with E-state index in [2.05, 4.69) is 6.07 Å². The van der Waals surface area contributed by atoms with E-state index in [1.807, 2.05) is 17.0 Å². The minimum atomic E-state index is 0.0359. The van der Waals surface area contributed by atoms with Crippen LogP contribution in [0.25, 0.3) is 0 Å². The van der Waals surface area contributed by atoms with Gasteiger partial charge in [-0.3, -0.25) is 4.79 Å². The molecule has 98 valence electrons. The summed E-state index contributed by atoms with van der Waals surface area (Å²) in [6, 6.07) is 6.02. The maximum atomic E-state index is 11.9. The Morgan fingerprint density at radius 1 is 1.44 bits per heavy atom. The van der Waals surface area contributed by atoms with E-state index >= 15 is 0 Å². The SMILES string of the molecule is COCC(=O)N1CCSc2ccc(OC)cc2C1. The molecule has 1 aliphatic rings. The summed E-state index contributed by atoms with van der Waals surface area (Å²) in [5.41, 5.74) is 1.14. The van der Waals surface area contributed by atoms with E-state index in [1.54, 1.807) is 26.0 Å². The van der Waals surface area contributed by atoms with Crippen LogP contribution in [0, 0.1) is 0 Å². The van der Waals surface area contributed by atoms with Gasteiger partial charge in [0.15, 0.2) is 0 Å². The largest absolute Gasteiger partial charge is 0.497 e. The molecule has 18 heavy (non-hydrogen) atoms. The lowest BCUT2D eigenvalue weighted by Gasteiger charge is -2.20. The third-order valence-corrected chi connectivity index (χ3v) is 3.96. The second-order valence-corrected chi connectivity index (χ2v) is 5.21. The Hall–Kier alpha value is -1.20. The fourth-order valence-electron chi connectivity index (χ4n) is 1.93. The van der Waals surface area contributed by atoms with Crippen molar-refractivity contribution in [2.45, 2.75) is 11.4 Å². The molecule has 0 fully saturated rings. The van der Waals surface area contributed by atoms with Gasteiger partial charge >= 0.3 is 0 Å². The van der Waals surface area contributed by atoms with Crippen molar-refractivity contribution < 1.29 is 14.3 Å². The first-order valence-electron chi connectivity index (χ1n) is 5.81. The van der Waals surface area contributed by atoms with Crippen molar-refractivity contribution in [1.82, 2.24) is 4.90 Å². The fraction of sp³-hybridized carbons (Fsp3) is 0.462. The predicted octanol–water partition coefficient (Wildman–Crippen LogP) is 1.78. The number of methoxy groups -OCH3 is 2. The van der Waals surface area contributed by atoms with Gasteiger partial charge in [-0.25, -0.2) is 0 Å². The first-order chi connectivity index (χ1) is 8.74. The summed E-state index contributed by atoms with van der Waals surface area (Å²) in [5.74, 6) is 1.78. The van der Waals surface area contributed by atoms with Crippen LogP contribution in [-0.4, -0.2) is 43.9 Å². The smallest absolute Gasteiger partial charge is 0.248 e. The van der Waals surface area contributed by atoms with E-state index in [4.69, 9.17) is 9.47 Å². The Bertz CT molecular complexity index is 436. The Kier molecular flexibility index (Phi) is 4.49. The molecule has 4 nitrogen and oxygen atoms in total. The lowest BCUT2D eigenvalue weighted by Crippen LogP contribution is -2.34. The third kappa shape index (κ3) is 2.97. The van der Waals surface area contributed by atoms with Crippen LogP contribution in [0.3, 0.4) is 0 Å². The van der Waals surface area contributed by atoms with Crippen LogP contribution in [0.2, 0.25) is 0 Å². The average Bonchev–Trinajstić information content (AvgIpc) is 2.60. The van der Waals surface area contributed by atoms with Crippen LogP contribution in [0.1, 0.15) is 5.56 Å². The topological polar surface area (TPSA) is 38.8 Å². The summed E-state index contributed by atoms with van der Waals surface area (Å²) in [4.78, 5) is 14.9. The zero-order chi connectivity index (χ0) is 13.0. The molecular formula is C13H17NO3S. The normalized spacial score (nSPS) is 14.9. The summed E-state index contributed by atoms with van der Waals surface area (Å²) in [5, 5.41) is 0. The molecular weight excluding hydrogens is 250 g/mol. The number of rotatable bonds is 3. The first-order valence-corrected chi connectivity index (χ1v) is 6.79. The van der Waals surface area contributed by atoms with Gasteiger partial charge in [-0.05, 0) is 23.8 Å². The zero-order valence-electron chi connectivity index (χ0n) is 10.6. The van der Waals surface area contributed by atoms with Crippen molar-refractivity contribution in [3.63, 3.8) is 0 Å². The number of carbonyl (C=O) groups is 1. The summed E-state index contributed by atoms with van der Waals surface area (Å²) >= 11 is 1.78. The van der Waals surface area contributed by atoms with Crippen molar-refractivity contribution in [3.8, 4) is 5.75 Å². The maximum absolute atomic E-state index is 11.9. The van der Waals surface area contributed by atoms with E-state index in [9.17, 15) is 4.79 Å². The number of hydrogen-bond acceptors (Lipinski definition) is 4. The Balaban J connectivity index is 2.19. The zero-order valence-corrected chi connectivity index (χ0v) is 11.5. The van der Waals surface area contributed by atoms with Gasteiger partial charge < -0.3 is 14.4 Å². The Labute approximate surface area is 111 Å². The molecule has 5 heteroatoms. The Morgan fingerprint density at radius 3 is 3.00 bits per heavy atom. The van der Waals surface area contributed by atoms with Gasteiger partial charge in [-0.1, -0.05) is 0 Å². The van der Waals surface area contributed by atoms with Gasteiger partial charge in [-0.2, -0.15) is 0 Å². The highest BCUT2D eigenvalue weighted by Crippen LogP contribution is 2.30. The van der Waals surface area contributed by atoms with Crippen LogP contribution in [-0.2, 0) is 16.1 Å². The van der Waals surface area contributed by atoms with Crippen molar-refractivity contribution >= 4 is 17.7 Å². The van der Waals surface area contributed by atoms with E-state index in [1.165, 1.54) is 4.90 Å². The second kappa shape index (κ2) is 6.11. The number of thioether (sulfide) groups is 1. The van der Waals surface area contributed by atoms with Gasteiger partial charge in [-0.15, -0.1) is 11.8 Å². The van der Waals surface area contributed by atoms with Gasteiger partial charge in [0.2, 0.25) is 5.91 Å². The minimum Gasteiger partial charge on any atom is -0.497 e. The molecule has 0 aromatic heterocycles. The molecule has 0 aliphatic carbocycles. The van der Waals surface area contributed by atoms with Crippen molar-refractivity contribution in [2.75, 3.05) is 33.1 Å². The fourth-order valence-corrected chi connectivity index (χ4v) is 2.93. The monoisotopic (exact) mass is 267 g/mol. The molecule has 0 saturated heterocycles. The number of benzene rings is 1. The van der Waals surface area contributed by atoms with Crippen molar-refractivity contribution in [1.29, 1.82) is 0 Å². The number of ether oxygens (including phenoxy) is 2. The third-order valence-electron chi connectivity index (χ3n) is 2.87. The lowest BCUT2D eigenvalue weighted by atomic mass is 10.2. The van der Waals surface area contributed by atoms with Gasteiger partial charge in [0, 0.05) is 30.8 Å². The minimum absolute atomic E-state index is 0.0359. The molecule has 1 aromatic carbocycles. The van der Waals surface area contributed by atoms with Gasteiger partial charge in [0.25, 0.3) is 0 Å². The maximum Gasteiger partial charge on any atom is 0.248 e. The standard InChI is InChI=1S/C13H17NO3S/c1-16-9-13(15)14-5-6-18-12-4-3-11(17-2)7-10(12)8-14/h3-4,7H,5-6,8-9H2,1-2H3. The van der Waals surface area contributed by atoms with Crippen molar-refractivity contribution in [3.05, 3.63) is 23.8 Å². The summed E-state index contributed by atoms with van der Waals surface area (Å²) in [6.45, 7) is 1.52. The molecule has 0 bridgehead atoms. The molecule has 0 N–H and O–H groups in total. The summed E-state index contributed by atoms with van der Waals surface area (Å²) in [7, 11) is 3.20. The van der Waals surface area contributed by atoms with Crippen LogP contribution < -0.4 is 4.74 Å². The molecule has 1 amide bonds. The van der Waals surface area contributed by atoms with Crippen molar-refractivity contribution in [2.24, 2.45) is 0 Å². The van der Waals surface area contributed by atoms with E-state index in [0.29, 0.717) is 6.54 Å². The van der Waals surface area contributed by atoms with Crippen LogP contribution in [0.15, 0.2) is 23.1 Å². The van der Waals surface area contributed by atoms with Crippen LogP contribution >= 0.6 is 11.8 Å². The van der Waals surface area contributed by atoms with Gasteiger partial charge in [0.05, 0.1) is 7.11 Å². The highest BCUT2D eigenvalue weighted by atomic mass is 32.2. The number of nitrogens with zero attached hydrogens (tertiary/aromatic N) is 1. The molecule has 0 spiro atoms. The summed E-state index contributed by atoms with van der Waals surface area (Å²) in [6.07, 6.45) is 0. The van der Waals surface area contributed by atoms with Crippen LogP contribution in [0.4, 0.5) is 0 Å². The molecule has 0 unspecified atom stereocenters. The Morgan fingerprint density at radius 2 is 2.28 bits per heavy atom. The van der Waals surface area contributed by atoms with E-state index in [-0.39, 0.29) is 12.5 Å². The highest BCUT2D eigenvalue weighted by molar-refractivity contribution is 7.99. The summed E-state index contributed by atoms with van der Waals surface area (Å²) < 4.78 is 10.1. The molecule has 1 heterocycles. The van der Waals surface area contributed by atoms with E-state index in [0.717, 1.165) is 23.6 Å². The molecule has 0 saturated carbocycles. The first kappa shape index (κ1) is 13.2. The quantitative estimate of drug-likeness (QED) is 0.837. The number of carbonyl (C=O) groups excluding carboxylic acids is 1. The molecule has 1 aliphatic heterocycles. The average molecular weight is 267 g/mol. The van der Waals surface area contributed by atoms with E-state index < -0.39 is 0 Å². The second-order valence-electron chi connectivity index (χ2n) is 4.07. The number of hydrogen-bond donors (Lipinski definition) is 0. The number of amides is 1.